The SMILES string of the molecule is CC(C)COc1nc(NCC2(C)CCCS2)ccc1N. The Balaban J connectivity index is 1.96. The van der Waals surface area contributed by atoms with Crippen LogP contribution in [0.1, 0.15) is 33.6 Å². The van der Waals surface area contributed by atoms with Crippen molar-refractivity contribution >= 4 is 23.3 Å². The van der Waals surface area contributed by atoms with Gasteiger partial charge in [0.05, 0.1) is 12.3 Å². The van der Waals surface area contributed by atoms with Crippen molar-refractivity contribution in [1.29, 1.82) is 0 Å². The van der Waals surface area contributed by atoms with Gasteiger partial charge in [0.1, 0.15) is 5.82 Å². The van der Waals surface area contributed by atoms with Crippen LogP contribution in [0.2, 0.25) is 0 Å². The average molecular weight is 295 g/mol. The number of anilines is 2. The lowest BCUT2D eigenvalue weighted by atomic mass is 10.1. The van der Waals surface area contributed by atoms with Crippen LogP contribution in [0.15, 0.2) is 12.1 Å². The highest BCUT2D eigenvalue weighted by molar-refractivity contribution is 8.00. The van der Waals surface area contributed by atoms with E-state index in [9.17, 15) is 0 Å². The van der Waals surface area contributed by atoms with Gasteiger partial charge in [-0.2, -0.15) is 16.7 Å². The highest BCUT2D eigenvalue weighted by Gasteiger charge is 2.29. The lowest BCUT2D eigenvalue weighted by Crippen LogP contribution is -2.27. The molecular formula is C15H25N3OS. The molecule has 0 saturated carbocycles. The normalized spacial score (nSPS) is 22.2. The minimum atomic E-state index is 0.321. The Bertz CT molecular complexity index is 445. The van der Waals surface area contributed by atoms with E-state index in [-0.39, 0.29) is 0 Å². The molecule has 2 rings (SSSR count). The Morgan fingerprint density at radius 1 is 1.50 bits per heavy atom. The molecule has 3 N–H and O–H groups in total. The molecule has 1 aromatic rings. The van der Waals surface area contributed by atoms with Crippen LogP contribution >= 0.6 is 11.8 Å². The zero-order chi connectivity index (χ0) is 14.6. The molecule has 4 nitrogen and oxygen atoms in total. The maximum atomic E-state index is 5.90. The lowest BCUT2D eigenvalue weighted by Gasteiger charge is -2.23. The van der Waals surface area contributed by atoms with Gasteiger partial charge >= 0.3 is 0 Å². The number of pyridine rings is 1. The molecule has 1 aromatic heterocycles. The number of nitrogens with one attached hydrogen (secondary N) is 1. The molecular weight excluding hydrogens is 270 g/mol. The molecule has 2 heterocycles. The molecule has 0 spiro atoms. The summed E-state index contributed by atoms with van der Waals surface area (Å²) in [5, 5.41) is 3.41. The van der Waals surface area contributed by atoms with Gasteiger partial charge < -0.3 is 15.8 Å². The van der Waals surface area contributed by atoms with E-state index in [0.29, 0.717) is 28.8 Å². The van der Waals surface area contributed by atoms with E-state index in [1.54, 1.807) is 0 Å². The van der Waals surface area contributed by atoms with Crippen molar-refractivity contribution in [3.8, 4) is 5.88 Å². The largest absolute Gasteiger partial charge is 0.476 e. The van der Waals surface area contributed by atoms with Gasteiger partial charge in [0.2, 0.25) is 5.88 Å². The molecule has 112 valence electrons. The first-order valence-corrected chi connectivity index (χ1v) is 8.24. The molecule has 0 aromatic carbocycles. The van der Waals surface area contributed by atoms with E-state index < -0.39 is 0 Å². The van der Waals surface area contributed by atoms with Crippen molar-refractivity contribution in [3.05, 3.63) is 12.1 Å². The van der Waals surface area contributed by atoms with Crippen molar-refractivity contribution in [2.45, 2.75) is 38.4 Å². The van der Waals surface area contributed by atoms with Crippen LogP contribution in [0, 0.1) is 5.92 Å². The number of nitrogens with two attached hydrogens (primary N) is 1. The van der Waals surface area contributed by atoms with E-state index in [1.165, 1.54) is 18.6 Å². The summed E-state index contributed by atoms with van der Waals surface area (Å²) in [6, 6.07) is 3.77. The van der Waals surface area contributed by atoms with Crippen LogP contribution in [-0.4, -0.2) is 28.6 Å². The van der Waals surface area contributed by atoms with Crippen LogP contribution in [-0.2, 0) is 0 Å². The smallest absolute Gasteiger partial charge is 0.239 e. The van der Waals surface area contributed by atoms with Crippen molar-refractivity contribution in [1.82, 2.24) is 4.98 Å². The number of nitrogen functional groups attached to an aromatic ring is 1. The Labute approximate surface area is 125 Å². The summed E-state index contributed by atoms with van der Waals surface area (Å²) in [5.74, 6) is 3.09. The fourth-order valence-corrected chi connectivity index (χ4v) is 3.41. The van der Waals surface area contributed by atoms with Gasteiger partial charge in [-0.05, 0) is 43.6 Å². The number of nitrogens with zero attached hydrogens (tertiary/aromatic N) is 1. The molecule has 20 heavy (non-hydrogen) atoms. The minimum absolute atomic E-state index is 0.321. The zero-order valence-corrected chi connectivity index (χ0v) is 13.4. The number of rotatable bonds is 6. The number of thioether (sulfide) groups is 1. The maximum absolute atomic E-state index is 5.90. The molecule has 0 radical (unpaired) electrons. The molecule has 1 aliphatic rings. The third-order valence-electron chi connectivity index (χ3n) is 3.39. The Morgan fingerprint density at radius 2 is 2.30 bits per heavy atom. The summed E-state index contributed by atoms with van der Waals surface area (Å²) in [7, 11) is 0. The van der Waals surface area contributed by atoms with Crippen molar-refractivity contribution in [3.63, 3.8) is 0 Å². The van der Waals surface area contributed by atoms with Crippen molar-refractivity contribution < 1.29 is 4.74 Å². The predicted molar refractivity (Wildman–Crippen MR) is 87.6 cm³/mol. The van der Waals surface area contributed by atoms with Crippen LogP contribution in [0.4, 0.5) is 11.5 Å². The molecule has 0 aliphatic carbocycles. The Kier molecular flexibility index (Phi) is 5.02. The summed E-state index contributed by atoms with van der Waals surface area (Å²) in [6.07, 6.45) is 2.57. The van der Waals surface area contributed by atoms with E-state index >= 15 is 0 Å². The highest BCUT2D eigenvalue weighted by Crippen LogP contribution is 2.37. The average Bonchev–Trinajstić information content (AvgIpc) is 2.83. The van der Waals surface area contributed by atoms with Gasteiger partial charge in [0.25, 0.3) is 0 Å². The minimum Gasteiger partial charge on any atom is -0.476 e. The van der Waals surface area contributed by atoms with Gasteiger partial charge in [0, 0.05) is 11.3 Å². The van der Waals surface area contributed by atoms with Crippen LogP contribution < -0.4 is 15.8 Å². The first kappa shape index (κ1) is 15.3. The molecule has 1 fully saturated rings. The maximum Gasteiger partial charge on any atom is 0.239 e. The first-order chi connectivity index (χ1) is 9.48. The van der Waals surface area contributed by atoms with E-state index in [2.05, 4.69) is 31.1 Å². The monoisotopic (exact) mass is 295 g/mol. The van der Waals surface area contributed by atoms with Crippen LogP contribution in [0.25, 0.3) is 0 Å². The summed E-state index contributed by atoms with van der Waals surface area (Å²) in [5.41, 5.74) is 6.50. The van der Waals surface area contributed by atoms with Gasteiger partial charge in [-0.15, -0.1) is 0 Å². The predicted octanol–water partition coefficient (Wildman–Crippen LogP) is 3.40. The zero-order valence-electron chi connectivity index (χ0n) is 12.6. The summed E-state index contributed by atoms with van der Waals surface area (Å²) in [4.78, 5) is 4.47. The number of ether oxygens (including phenoxy) is 1. The first-order valence-electron chi connectivity index (χ1n) is 7.26. The summed E-state index contributed by atoms with van der Waals surface area (Å²) >= 11 is 2.04. The van der Waals surface area contributed by atoms with Crippen molar-refractivity contribution in [2.75, 3.05) is 30.0 Å². The summed E-state index contributed by atoms with van der Waals surface area (Å²) in [6.45, 7) is 8.09. The second-order valence-electron chi connectivity index (χ2n) is 6.05. The molecule has 1 unspecified atom stereocenters. The highest BCUT2D eigenvalue weighted by atomic mass is 32.2. The van der Waals surface area contributed by atoms with E-state index in [0.717, 1.165) is 12.4 Å². The quantitative estimate of drug-likeness (QED) is 0.842. The molecule has 1 atom stereocenters. The van der Waals surface area contributed by atoms with Gasteiger partial charge in [-0.1, -0.05) is 13.8 Å². The van der Waals surface area contributed by atoms with Crippen LogP contribution in [0.3, 0.4) is 0 Å². The molecule has 1 saturated heterocycles. The molecule has 0 amide bonds. The van der Waals surface area contributed by atoms with Crippen molar-refractivity contribution in [2.24, 2.45) is 5.92 Å². The Morgan fingerprint density at radius 3 is 2.95 bits per heavy atom. The Hall–Kier alpha value is -1.10. The number of aromatic nitrogens is 1. The van der Waals surface area contributed by atoms with Gasteiger partial charge in [0.15, 0.2) is 0 Å². The standard InChI is InChI=1S/C15H25N3OS/c1-11(2)9-19-14-12(16)5-6-13(18-14)17-10-15(3)7-4-8-20-15/h5-6,11H,4,7-10,16H2,1-3H3,(H,17,18). The molecule has 0 bridgehead atoms. The second kappa shape index (κ2) is 6.57. The number of hydrogen-bond acceptors (Lipinski definition) is 5. The lowest BCUT2D eigenvalue weighted by molar-refractivity contribution is 0.263. The topological polar surface area (TPSA) is 60.2 Å². The van der Waals surface area contributed by atoms with Crippen LogP contribution in [0.5, 0.6) is 5.88 Å². The van der Waals surface area contributed by atoms with Gasteiger partial charge in [-0.25, -0.2) is 0 Å². The van der Waals surface area contributed by atoms with Gasteiger partial charge in [-0.3, -0.25) is 0 Å². The van der Waals surface area contributed by atoms with E-state index in [1.807, 2.05) is 23.9 Å². The molecule has 5 heteroatoms. The number of hydrogen-bond donors (Lipinski definition) is 2. The van der Waals surface area contributed by atoms with E-state index in [4.69, 9.17) is 10.5 Å². The third-order valence-corrected chi connectivity index (χ3v) is 4.93. The fraction of sp³-hybridized carbons (Fsp3) is 0.667. The third kappa shape index (κ3) is 4.20. The fourth-order valence-electron chi connectivity index (χ4n) is 2.16. The molecule has 1 aliphatic heterocycles. The summed E-state index contributed by atoms with van der Waals surface area (Å²) < 4.78 is 5.98. The second-order valence-corrected chi connectivity index (χ2v) is 7.73.